The zero-order valence-corrected chi connectivity index (χ0v) is 14.6. The van der Waals surface area contributed by atoms with E-state index in [0.29, 0.717) is 21.4 Å². The Kier molecular flexibility index (Phi) is 7.04. The quantitative estimate of drug-likeness (QED) is 0.343. The van der Waals surface area contributed by atoms with Gasteiger partial charge in [0.15, 0.2) is 5.11 Å². The monoisotopic (exact) mass is 357 g/mol. The molecule has 1 heterocycles. The molecule has 0 amide bonds. The summed E-state index contributed by atoms with van der Waals surface area (Å²) >= 11 is 11.1. The van der Waals surface area contributed by atoms with E-state index in [9.17, 15) is 5.11 Å². The van der Waals surface area contributed by atoms with Crippen LogP contribution in [0.15, 0.2) is 23.3 Å². The molecule has 6 nitrogen and oxygen atoms in total. The van der Waals surface area contributed by atoms with Crippen LogP contribution in [0.4, 0.5) is 0 Å². The van der Waals surface area contributed by atoms with E-state index in [1.165, 1.54) is 4.90 Å². The Morgan fingerprint density at radius 2 is 2.17 bits per heavy atom. The standard InChI is InChI=1S/C15H21ClN4O2S/c1-11(13-10-12(16)2-3-14(13)21)18-19-15(23)17-4-5-20-6-8-22-9-7-20/h2-3,10,21H,4-9H2,1H3,(H2,17,19,23)/p+1/b18-11+. The van der Waals surface area contributed by atoms with Crippen molar-refractivity contribution in [3.05, 3.63) is 28.8 Å². The highest BCUT2D eigenvalue weighted by molar-refractivity contribution is 7.80. The summed E-state index contributed by atoms with van der Waals surface area (Å²) in [5.74, 6) is 0.132. The van der Waals surface area contributed by atoms with Crippen LogP contribution < -0.4 is 15.6 Å². The first-order chi connectivity index (χ1) is 11.1. The van der Waals surface area contributed by atoms with E-state index in [4.69, 9.17) is 28.6 Å². The van der Waals surface area contributed by atoms with Crippen molar-refractivity contribution in [2.45, 2.75) is 6.92 Å². The number of hydrogen-bond acceptors (Lipinski definition) is 4. The molecule has 0 aromatic heterocycles. The van der Waals surface area contributed by atoms with Crippen molar-refractivity contribution in [1.29, 1.82) is 0 Å². The number of hydrogen-bond donors (Lipinski definition) is 4. The lowest BCUT2D eigenvalue weighted by Crippen LogP contribution is -3.14. The molecule has 0 saturated carbocycles. The molecule has 1 aliphatic heterocycles. The predicted molar refractivity (Wildman–Crippen MR) is 95.4 cm³/mol. The third-order valence-corrected chi connectivity index (χ3v) is 4.11. The van der Waals surface area contributed by atoms with Gasteiger partial charge in [0.2, 0.25) is 0 Å². The number of nitrogens with zero attached hydrogens (tertiary/aromatic N) is 1. The minimum absolute atomic E-state index is 0.132. The number of benzene rings is 1. The van der Waals surface area contributed by atoms with Crippen LogP contribution in [-0.2, 0) is 4.74 Å². The lowest BCUT2D eigenvalue weighted by atomic mass is 10.1. The Balaban J connectivity index is 1.77. The molecule has 4 N–H and O–H groups in total. The summed E-state index contributed by atoms with van der Waals surface area (Å²) in [6.45, 7) is 7.26. The SMILES string of the molecule is C/C(=N\NC(=S)NCC[NH+]1CCOCC1)c1cc(Cl)ccc1O. The summed E-state index contributed by atoms with van der Waals surface area (Å²) < 4.78 is 5.33. The van der Waals surface area contributed by atoms with E-state index in [2.05, 4.69) is 15.8 Å². The third kappa shape index (κ3) is 5.95. The zero-order chi connectivity index (χ0) is 16.7. The number of ether oxygens (including phenoxy) is 1. The van der Waals surface area contributed by atoms with Gasteiger partial charge in [-0.05, 0) is 37.3 Å². The minimum Gasteiger partial charge on any atom is -0.507 e. The van der Waals surface area contributed by atoms with E-state index < -0.39 is 0 Å². The Labute approximate surface area is 146 Å². The maximum absolute atomic E-state index is 9.83. The summed E-state index contributed by atoms with van der Waals surface area (Å²) in [5.41, 5.74) is 3.96. The average molecular weight is 358 g/mol. The highest BCUT2D eigenvalue weighted by atomic mass is 35.5. The highest BCUT2D eigenvalue weighted by Gasteiger charge is 2.12. The number of halogens is 1. The number of aromatic hydroxyl groups is 1. The minimum atomic E-state index is 0.132. The van der Waals surface area contributed by atoms with Gasteiger partial charge in [-0.1, -0.05) is 11.6 Å². The van der Waals surface area contributed by atoms with Crippen LogP contribution in [0.1, 0.15) is 12.5 Å². The molecule has 2 rings (SSSR count). The van der Waals surface area contributed by atoms with Crippen molar-refractivity contribution in [1.82, 2.24) is 10.7 Å². The largest absolute Gasteiger partial charge is 0.507 e. The summed E-state index contributed by atoms with van der Waals surface area (Å²) in [7, 11) is 0. The van der Waals surface area contributed by atoms with E-state index in [1.54, 1.807) is 25.1 Å². The van der Waals surface area contributed by atoms with Crippen molar-refractivity contribution < 1.29 is 14.7 Å². The molecule has 1 aromatic carbocycles. The highest BCUT2D eigenvalue weighted by Crippen LogP contribution is 2.21. The molecule has 0 atom stereocenters. The molecule has 8 heteroatoms. The van der Waals surface area contributed by atoms with Crippen molar-refractivity contribution in [3.8, 4) is 5.75 Å². The molecule has 0 unspecified atom stereocenters. The third-order valence-electron chi connectivity index (χ3n) is 3.64. The van der Waals surface area contributed by atoms with Gasteiger partial charge in [0.25, 0.3) is 0 Å². The van der Waals surface area contributed by atoms with Crippen LogP contribution in [0.5, 0.6) is 5.75 Å². The van der Waals surface area contributed by atoms with Crippen LogP contribution >= 0.6 is 23.8 Å². The second-order valence-corrected chi connectivity index (χ2v) is 6.18. The molecule has 0 bridgehead atoms. The number of thiocarbonyl (C=S) groups is 1. The van der Waals surface area contributed by atoms with E-state index in [1.807, 2.05) is 0 Å². The molecule has 0 aliphatic carbocycles. The summed E-state index contributed by atoms with van der Waals surface area (Å²) in [4.78, 5) is 1.51. The van der Waals surface area contributed by atoms with Crippen molar-refractivity contribution in [3.63, 3.8) is 0 Å². The fraction of sp³-hybridized carbons (Fsp3) is 0.467. The average Bonchev–Trinajstić information content (AvgIpc) is 2.56. The van der Waals surface area contributed by atoms with Gasteiger partial charge in [0.1, 0.15) is 18.8 Å². The van der Waals surface area contributed by atoms with Gasteiger partial charge in [-0.25, -0.2) is 0 Å². The number of rotatable bonds is 5. The summed E-state index contributed by atoms with van der Waals surface area (Å²) in [6, 6.07) is 4.83. The lowest BCUT2D eigenvalue weighted by molar-refractivity contribution is -0.906. The number of hydrazone groups is 1. The molecule has 0 spiro atoms. The molecule has 0 radical (unpaired) electrons. The van der Waals surface area contributed by atoms with Gasteiger partial charge >= 0.3 is 0 Å². The Hall–Kier alpha value is -1.41. The topological polar surface area (TPSA) is 70.3 Å². The maximum atomic E-state index is 9.83. The number of nitrogens with one attached hydrogen (secondary N) is 3. The molecule has 1 aromatic rings. The van der Waals surface area contributed by atoms with E-state index >= 15 is 0 Å². The number of morpholine rings is 1. The normalized spacial score (nSPS) is 16.2. The van der Waals surface area contributed by atoms with Crippen LogP contribution in [0.2, 0.25) is 5.02 Å². The molecule has 1 aliphatic rings. The fourth-order valence-corrected chi connectivity index (χ4v) is 2.62. The number of phenolic OH excluding ortho intramolecular Hbond substituents is 1. The molecule has 126 valence electrons. The first-order valence-corrected chi connectivity index (χ1v) is 8.33. The second kappa shape index (κ2) is 9.02. The smallest absolute Gasteiger partial charge is 0.187 e. The van der Waals surface area contributed by atoms with Crippen molar-refractivity contribution in [2.75, 3.05) is 39.4 Å². The van der Waals surface area contributed by atoms with Crippen molar-refractivity contribution in [2.24, 2.45) is 5.10 Å². The van der Waals surface area contributed by atoms with Gasteiger partial charge < -0.3 is 20.1 Å². The summed E-state index contributed by atoms with van der Waals surface area (Å²) in [5, 5.41) is 18.1. The van der Waals surface area contributed by atoms with Crippen LogP contribution in [-0.4, -0.2) is 55.3 Å². The van der Waals surface area contributed by atoms with E-state index in [-0.39, 0.29) is 5.75 Å². The lowest BCUT2D eigenvalue weighted by Gasteiger charge is -2.23. The Morgan fingerprint density at radius 1 is 1.43 bits per heavy atom. The zero-order valence-electron chi connectivity index (χ0n) is 13.1. The van der Waals surface area contributed by atoms with Gasteiger partial charge in [0.05, 0.1) is 32.0 Å². The fourth-order valence-electron chi connectivity index (χ4n) is 2.30. The molecular formula is C15H22ClN4O2S+. The Bertz CT molecular complexity index is 577. The van der Waals surface area contributed by atoms with Gasteiger partial charge in [0, 0.05) is 10.6 Å². The van der Waals surface area contributed by atoms with Crippen LogP contribution in [0.25, 0.3) is 0 Å². The molecule has 1 fully saturated rings. The van der Waals surface area contributed by atoms with Crippen molar-refractivity contribution >= 4 is 34.6 Å². The van der Waals surface area contributed by atoms with Gasteiger partial charge in [-0.15, -0.1) is 0 Å². The summed E-state index contributed by atoms with van der Waals surface area (Å²) in [6.07, 6.45) is 0. The second-order valence-electron chi connectivity index (χ2n) is 5.34. The molecule has 1 saturated heterocycles. The van der Waals surface area contributed by atoms with Crippen LogP contribution in [0.3, 0.4) is 0 Å². The maximum Gasteiger partial charge on any atom is 0.187 e. The predicted octanol–water partition coefficient (Wildman–Crippen LogP) is 0.149. The first-order valence-electron chi connectivity index (χ1n) is 7.54. The number of quaternary nitrogens is 1. The Morgan fingerprint density at radius 3 is 2.91 bits per heavy atom. The van der Waals surface area contributed by atoms with Crippen LogP contribution in [0, 0.1) is 0 Å². The van der Waals surface area contributed by atoms with Gasteiger partial charge in [-0.3, -0.25) is 5.43 Å². The molecule has 23 heavy (non-hydrogen) atoms. The molecular weight excluding hydrogens is 336 g/mol. The first kappa shape index (κ1) is 17.9. The van der Waals surface area contributed by atoms with Gasteiger partial charge in [-0.2, -0.15) is 5.10 Å². The number of phenols is 1. The van der Waals surface area contributed by atoms with E-state index in [0.717, 1.165) is 39.4 Å².